The molecule has 0 unspecified atom stereocenters. The molecule has 0 bridgehead atoms. The number of anilines is 1. The summed E-state index contributed by atoms with van der Waals surface area (Å²) in [6.07, 6.45) is -3.36. The number of nitrogens with zero attached hydrogens (tertiary/aromatic N) is 2. The van der Waals surface area contributed by atoms with E-state index in [4.69, 9.17) is 5.73 Å². The molecule has 2 rings (SSSR count). The monoisotopic (exact) mass is 351 g/mol. The first-order valence-electron chi connectivity index (χ1n) is 6.45. The van der Waals surface area contributed by atoms with Crippen LogP contribution in [0.3, 0.4) is 0 Å². The predicted octanol–water partition coefficient (Wildman–Crippen LogP) is 4.10. The average Bonchev–Trinajstić information content (AvgIpc) is 2.82. The molecule has 0 spiro atoms. The van der Waals surface area contributed by atoms with Crippen LogP contribution < -0.4 is 5.73 Å². The van der Waals surface area contributed by atoms with Gasteiger partial charge in [-0.15, -0.1) is 23.7 Å². The minimum Gasteiger partial charge on any atom is -0.375 e. The molecule has 1 aromatic carbocycles. The third-order valence-electron chi connectivity index (χ3n) is 2.91. The van der Waals surface area contributed by atoms with E-state index in [2.05, 4.69) is 4.98 Å². The number of halogens is 4. The van der Waals surface area contributed by atoms with E-state index in [0.29, 0.717) is 18.2 Å². The third-order valence-corrected chi connectivity index (χ3v) is 3.72. The van der Waals surface area contributed by atoms with Gasteiger partial charge < -0.3 is 5.73 Å². The molecule has 8 heteroatoms. The summed E-state index contributed by atoms with van der Waals surface area (Å²) in [6, 6.07) is 9.45. The molecule has 0 radical (unpaired) electrons. The van der Waals surface area contributed by atoms with E-state index in [1.165, 1.54) is 11.3 Å². The standard InChI is InChI=1S/C14H16F3N3S.ClH/c15-14(16,17)6-7-20(9-11-4-2-1-3-5-11)10-12-8-19-13(18)21-12;/h1-5,8H,6-7,9-10H2,(H2,18,19);1H. The molecule has 0 fully saturated rings. The highest BCUT2D eigenvalue weighted by Gasteiger charge is 2.27. The van der Waals surface area contributed by atoms with Crippen molar-refractivity contribution in [2.75, 3.05) is 12.3 Å². The molecular formula is C14H17ClF3N3S. The van der Waals surface area contributed by atoms with Gasteiger partial charge in [0.1, 0.15) is 0 Å². The smallest absolute Gasteiger partial charge is 0.375 e. The molecule has 0 saturated heterocycles. The fraction of sp³-hybridized carbons (Fsp3) is 0.357. The lowest BCUT2D eigenvalue weighted by atomic mass is 10.2. The quantitative estimate of drug-likeness (QED) is 0.851. The fourth-order valence-corrected chi connectivity index (χ4v) is 2.68. The van der Waals surface area contributed by atoms with E-state index in [-0.39, 0.29) is 19.0 Å². The Hall–Kier alpha value is -1.31. The van der Waals surface area contributed by atoms with Crippen molar-refractivity contribution in [2.24, 2.45) is 0 Å². The summed E-state index contributed by atoms with van der Waals surface area (Å²) in [4.78, 5) is 6.56. The van der Waals surface area contributed by atoms with Gasteiger partial charge in [-0.1, -0.05) is 30.3 Å². The molecule has 0 atom stereocenters. The topological polar surface area (TPSA) is 42.1 Å². The largest absolute Gasteiger partial charge is 0.390 e. The molecule has 122 valence electrons. The minimum absolute atomic E-state index is 0. The summed E-state index contributed by atoms with van der Waals surface area (Å²) in [5.74, 6) is 0. The third kappa shape index (κ3) is 6.64. The van der Waals surface area contributed by atoms with Crippen molar-refractivity contribution in [3.8, 4) is 0 Å². The van der Waals surface area contributed by atoms with Crippen molar-refractivity contribution in [3.05, 3.63) is 47.0 Å². The number of alkyl halides is 3. The zero-order valence-corrected chi connectivity index (χ0v) is 13.3. The second-order valence-corrected chi connectivity index (χ2v) is 5.87. The first-order chi connectivity index (χ1) is 9.92. The number of nitrogens with two attached hydrogens (primary N) is 1. The van der Waals surface area contributed by atoms with Crippen molar-refractivity contribution >= 4 is 28.9 Å². The Kier molecular flexibility index (Phi) is 7.12. The van der Waals surface area contributed by atoms with E-state index in [9.17, 15) is 13.2 Å². The SMILES string of the molecule is Cl.Nc1ncc(CN(CCC(F)(F)F)Cc2ccccc2)s1. The van der Waals surface area contributed by atoms with Crippen LogP contribution in [0.2, 0.25) is 0 Å². The minimum atomic E-state index is -4.15. The maximum Gasteiger partial charge on any atom is 0.390 e. The number of benzene rings is 1. The first kappa shape index (κ1) is 18.7. The number of nitrogen functional groups attached to an aromatic ring is 1. The maximum atomic E-state index is 12.4. The van der Waals surface area contributed by atoms with Crippen molar-refractivity contribution in [1.29, 1.82) is 0 Å². The molecule has 0 aliphatic carbocycles. The van der Waals surface area contributed by atoms with Crippen LogP contribution in [-0.4, -0.2) is 22.6 Å². The van der Waals surface area contributed by atoms with E-state index >= 15 is 0 Å². The van der Waals surface area contributed by atoms with Crippen LogP contribution in [0, 0.1) is 0 Å². The number of aromatic nitrogens is 1. The maximum absolute atomic E-state index is 12.4. The van der Waals surface area contributed by atoms with Gasteiger partial charge in [-0.05, 0) is 5.56 Å². The van der Waals surface area contributed by atoms with Crippen molar-refractivity contribution in [3.63, 3.8) is 0 Å². The highest BCUT2D eigenvalue weighted by Crippen LogP contribution is 2.23. The Bertz CT molecular complexity index is 560. The number of thiazole rings is 1. The average molecular weight is 352 g/mol. The highest BCUT2D eigenvalue weighted by molar-refractivity contribution is 7.15. The van der Waals surface area contributed by atoms with Crippen molar-refractivity contribution in [2.45, 2.75) is 25.7 Å². The lowest BCUT2D eigenvalue weighted by Gasteiger charge is -2.22. The summed E-state index contributed by atoms with van der Waals surface area (Å²) in [5, 5.41) is 0.431. The Morgan fingerprint density at radius 1 is 1.14 bits per heavy atom. The van der Waals surface area contributed by atoms with Crippen LogP contribution in [0.5, 0.6) is 0 Å². The molecule has 22 heavy (non-hydrogen) atoms. The molecule has 1 heterocycles. The van der Waals surface area contributed by atoms with Crippen molar-refractivity contribution < 1.29 is 13.2 Å². The van der Waals surface area contributed by atoms with Gasteiger partial charge in [-0.3, -0.25) is 4.90 Å². The van der Waals surface area contributed by atoms with Gasteiger partial charge in [0.05, 0.1) is 6.42 Å². The first-order valence-corrected chi connectivity index (χ1v) is 7.27. The number of hydrogen-bond acceptors (Lipinski definition) is 4. The summed E-state index contributed by atoms with van der Waals surface area (Å²) in [7, 11) is 0. The zero-order chi connectivity index (χ0) is 15.3. The number of rotatable bonds is 6. The van der Waals surface area contributed by atoms with Crippen molar-refractivity contribution in [1.82, 2.24) is 9.88 Å². The molecule has 3 nitrogen and oxygen atoms in total. The molecular weight excluding hydrogens is 335 g/mol. The van der Waals surface area contributed by atoms with Crippen LogP contribution >= 0.6 is 23.7 Å². The second kappa shape index (κ2) is 8.36. The Morgan fingerprint density at radius 2 is 1.82 bits per heavy atom. The fourth-order valence-electron chi connectivity index (χ4n) is 1.96. The normalized spacial score (nSPS) is 11.5. The van der Waals surface area contributed by atoms with Crippen LogP contribution in [0.4, 0.5) is 18.3 Å². The molecule has 2 aromatic rings. The lowest BCUT2D eigenvalue weighted by Crippen LogP contribution is -2.27. The molecule has 0 aliphatic rings. The summed E-state index contributed by atoms with van der Waals surface area (Å²) in [6.45, 7) is 0.838. The summed E-state index contributed by atoms with van der Waals surface area (Å²) < 4.78 is 37.3. The Labute approximate surface area is 137 Å². The predicted molar refractivity (Wildman–Crippen MR) is 85.0 cm³/mol. The zero-order valence-electron chi connectivity index (χ0n) is 11.7. The molecule has 0 saturated carbocycles. The molecule has 2 N–H and O–H groups in total. The van der Waals surface area contributed by atoms with E-state index in [1.807, 2.05) is 30.3 Å². The molecule has 1 aromatic heterocycles. The van der Waals surface area contributed by atoms with Gasteiger partial charge >= 0.3 is 6.18 Å². The molecule has 0 amide bonds. The van der Waals surface area contributed by atoms with Crippen LogP contribution in [0.15, 0.2) is 36.5 Å². The van der Waals surface area contributed by atoms with Crippen LogP contribution in [-0.2, 0) is 13.1 Å². The van der Waals surface area contributed by atoms with Gasteiger partial charge in [0.2, 0.25) is 0 Å². The van der Waals surface area contributed by atoms with E-state index in [0.717, 1.165) is 10.4 Å². The van der Waals surface area contributed by atoms with Gasteiger partial charge in [0, 0.05) is 30.7 Å². The second-order valence-electron chi connectivity index (χ2n) is 4.73. The molecule has 0 aliphatic heterocycles. The van der Waals surface area contributed by atoms with Gasteiger partial charge in [0.15, 0.2) is 5.13 Å². The highest BCUT2D eigenvalue weighted by atomic mass is 35.5. The van der Waals surface area contributed by atoms with Crippen LogP contribution in [0.25, 0.3) is 0 Å². The Morgan fingerprint density at radius 3 is 2.36 bits per heavy atom. The van der Waals surface area contributed by atoms with Gasteiger partial charge in [-0.25, -0.2) is 4.98 Å². The van der Waals surface area contributed by atoms with E-state index < -0.39 is 12.6 Å². The Balaban J connectivity index is 0.00000242. The lowest BCUT2D eigenvalue weighted by molar-refractivity contribution is -0.138. The summed E-state index contributed by atoms with van der Waals surface area (Å²) in [5.41, 5.74) is 6.54. The van der Waals surface area contributed by atoms with Gasteiger partial charge in [0.25, 0.3) is 0 Å². The number of hydrogen-bond donors (Lipinski definition) is 1. The van der Waals surface area contributed by atoms with E-state index in [1.54, 1.807) is 11.1 Å². The summed E-state index contributed by atoms with van der Waals surface area (Å²) >= 11 is 1.30. The van der Waals surface area contributed by atoms with Gasteiger partial charge in [-0.2, -0.15) is 13.2 Å². The van der Waals surface area contributed by atoms with Crippen LogP contribution in [0.1, 0.15) is 16.9 Å².